The van der Waals surface area contributed by atoms with E-state index in [4.69, 9.17) is 18.9 Å². The van der Waals surface area contributed by atoms with Gasteiger partial charge in [-0.2, -0.15) is 0 Å². The van der Waals surface area contributed by atoms with Crippen molar-refractivity contribution in [1.29, 1.82) is 0 Å². The number of carbonyl (C=O) groups is 3. The monoisotopic (exact) mass is 512 g/mol. The molecule has 1 aliphatic rings. The highest BCUT2D eigenvalue weighted by Crippen LogP contribution is 2.25. The predicted molar refractivity (Wildman–Crippen MR) is 137 cm³/mol. The molecule has 9 nitrogen and oxygen atoms in total. The molecule has 0 spiro atoms. The smallest absolute Gasteiger partial charge is 0.337 e. The van der Waals surface area contributed by atoms with Gasteiger partial charge in [-0.1, -0.05) is 24.3 Å². The highest BCUT2D eigenvalue weighted by atomic mass is 16.5. The summed E-state index contributed by atoms with van der Waals surface area (Å²) in [4.78, 5) is 39.9. The van der Waals surface area contributed by atoms with Crippen LogP contribution in [0.15, 0.2) is 48.5 Å². The van der Waals surface area contributed by atoms with Gasteiger partial charge in [0.2, 0.25) is 5.91 Å². The second kappa shape index (κ2) is 14.3. The molecule has 200 valence electrons. The fraction of sp³-hybridized carbons (Fsp3) is 0.464. The molecular formula is C28H36N2O7. The molecule has 0 N–H and O–H groups in total. The van der Waals surface area contributed by atoms with E-state index in [-0.39, 0.29) is 36.8 Å². The first-order valence-corrected chi connectivity index (χ1v) is 12.5. The zero-order valence-electron chi connectivity index (χ0n) is 21.8. The van der Waals surface area contributed by atoms with E-state index in [1.165, 1.54) is 7.11 Å². The summed E-state index contributed by atoms with van der Waals surface area (Å²) in [5.74, 6) is 0.0159. The molecule has 0 saturated carbocycles. The van der Waals surface area contributed by atoms with Crippen LogP contribution in [-0.4, -0.2) is 81.2 Å². The molecule has 0 radical (unpaired) electrons. The Kier molecular flexibility index (Phi) is 10.9. The van der Waals surface area contributed by atoms with Crippen LogP contribution in [0, 0.1) is 0 Å². The van der Waals surface area contributed by atoms with Crippen molar-refractivity contribution >= 4 is 17.8 Å². The van der Waals surface area contributed by atoms with Crippen molar-refractivity contribution in [3.05, 3.63) is 65.2 Å². The summed E-state index contributed by atoms with van der Waals surface area (Å²) in [6, 6.07) is 15.0. The van der Waals surface area contributed by atoms with Crippen molar-refractivity contribution in [2.45, 2.75) is 32.5 Å². The van der Waals surface area contributed by atoms with Gasteiger partial charge >= 0.3 is 11.9 Å². The molecule has 0 aliphatic carbocycles. The van der Waals surface area contributed by atoms with Gasteiger partial charge < -0.3 is 23.8 Å². The van der Waals surface area contributed by atoms with Gasteiger partial charge in [-0.3, -0.25) is 14.5 Å². The van der Waals surface area contributed by atoms with Crippen molar-refractivity contribution in [1.82, 2.24) is 9.80 Å². The first kappa shape index (κ1) is 28.1. The fourth-order valence-corrected chi connectivity index (χ4v) is 4.16. The topological polar surface area (TPSA) is 94.6 Å². The summed E-state index contributed by atoms with van der Waals surface area (Å²) in [6.45, 7) is 5.71. The fourth-order valence-electron chi connectivity index (χ4n) is 4.16. The largest absolute Gasteiger partial charge is 0.497 e. The van der Waals surface area contributed by atoms with E-state index in [1.54, 1.807) is 31.1 Å². The third-order valence-electron chi connectivity index (χ3n) is 6.29. The summed E-state index contributed by atoms with van der Waals surface area (Å²) < 4.78 is 21.4. The number of carbonyl (C=O) groups excluding carboxylic acids is 3. The van der Waals surface area contributed by atoms with E-state index >= 15 is 0 Å². The Hall–Kier alpha value is -3.43. The maximum atomic E-state index is 12.5. The number of esters is 2. The van der Waals surface area contributed by atoms with Gasteiger partial charge in [-0.25, -0.2) is 4.79 Å². The Morgan fingerprint density at radius 2 is 1.68 bits per heavy atom. The molecule has 1 atom stereocenters. The van der Waals surface area contributed by atoms with Crippen molar-refractivity contribution in [2.75, 3.05) is 53.6 Å². The van der Waals surface area contributed by atoms with E-state index in [9.17, 15) is 14.4 Å². The Labute approximate surface area is 218 Å². The van der Waals surface area contributed by atoms with Crippen LogP contribution in [0.1, 0.15) is 47.4 Å². The lowest BCUT2D eigenvalue weighted by Gasteiger charge is -2.36. The lowest BCUT2D eigenvalue weighted by molar-refractivity contribution is -0.146. The number of hydrogen-bond acceptors (Lipinski definition) is 8. The summed E-state index contributed by atoms with van der Waals surface area (Å²) in [6.07, 6.45) is 0.0593. The molecule has 1 amide bonds. The SMILES string of the molecule is CCOC(=O)CCC(=O)N1CCN(CC(OCc2ccc(C(=O)OC)cc2)c2cccc(OC)c2)CC1. The molecule has 0 bridgehead atoms. The molecule has 3 rings (SSSR count). The van der Waals surface area contributed by atoms with Crippen molar-refractivity contribution in [3.63, 3.8) is 0 Å². The first-order valence-electron chi connectivity index (χ1n) is 12.5. The molecule has 1 saturated heterocycles. The first-order chi connectivity index (χ1) is 17.9. The van der Waals surface area contributed by atoms with Gasteiger partial charge in [0.25, 0.3) is 0 Å². The zero-order valence-corrected chi connectivity index (χ0v) is 21.8. The number of nitrogens with zero attached hydrogens (tertiary/aromatic N) is 2. The third-order valence-corrected chi connectivity index (χ3v) is 6.29. The molecule has 2 aromatic rings. The second-order valence-corrected chi connectivity index (χ2v) is 8.75. The number of hydrogen-bond donors (Lipinski definition) is 0. The average Bonchev–Trinajstić information content (AvgIpc) is 2.94. The van der Waals surface area contributed by atoms with Gasteiger partial charge in [-0.05, 0) is 42.3 Å². The highest BCUT2D eigenvalue weighted by Gasteiger charge is 2.25. The molecular weight excluding hydrogens is 476 g/mol. The van der Waals surface area contributed by atoms with Crippen LogP contribution >= 0.6 is 0 Å². The van der Waals surface area contributed by atoms with Crippen molar-refractivity contribution in [2.24, 2.45) is 0 Å². The van der Waals surface area contributed by atoms with E-state index < -0.39 is 0 Å². The minimum atomic E-state index is -0.375. The number of ether oxygens (including phenoxy) is 4. The van der Waals surface area contributed by atoms with E-state index in [0.29, 0.717) is 51.5 Å². The minimum Gasteiger partial charge on any atom is -0.497 e. The summed E-state index contributed by atoms with van der Waals surface area (Å²) in [5, 5.41) is 0. The van der Waals surface area contributed by atoms with Crippen LogP contribution in [0.25, 0.3) is 0 Å². The number of piperazine rings is 1. The summed E-state index contributed by atoms with van der Waals surface area (Å²) in [7, 11) is 2.99. The van der Waals surface area contributed by atoms with Crippen LogP contribution in [-0.2, 0) is 30.4 Å². The zero-order chi connectivity index (χ0) is 26.6. The number of methoxy groups -OCH3 is 2. The predicted octanol–water partition coefficient (Wildman–Crippen LogP) is 3.23. The minimum absolute atomic E-state index is 0.0244. The number of benzene rings is 2. The molecule has 2 aromatic carbocycles. The Morgan fingerprint density at radius 1 is 0.946 bits per heavy atom. The Balaban J connectivity index is 1.59. The molecule has 9 heteroatoms. The van der Waals surface area contributed by atoms with Gasteiger partial charge in [-0.15, -0.1) is 0 Å². The van der Waals surface area contributed by atoms with Crippen LogP contribution in [0.5, 0.6) is 5.75 Å². The van der Waals surface area contributed by atoms with E-state index in [0.717, 1.165) is 16.9 Å². The van der Waals surface area contributed by atoms with Gasteiger partial charge in [0.1, 0.15) is 5.75 Å². The normalized spacial score (nSPS) is 14.6. The van der Waals surface area contributed by atoms with Gasteiger partial charge in [0.15, 0.2) is 0 Å². The molecule has 0 aromatic heterocycles. The summed E-state index contributed by atoms with van der Waals surface area (Å²) >= 11 is 0. The molecule has 37 heavy (non-hydrogen) atoms. The standard InChI is InChI=1S/C28H36N2O7/c1-4-36-27(32)13-12-26(31)30-16-14-29(15-17-30)19-25(23-6-5-7-24(18-23)34-2)37-20-21-8-10-22(11-9-21)28(33)35-3/h5-11,18,25H,4,12-17,19-20H2,1-3H3. The van der Waals surface area contributed by atoms with Crippen molar-refractivity contribution in [3.8, 4) is 5.75 Å². The van der Waals surface area contributed by atoms with Crippen LogP contribution < -0.4 is 4.74 Å². The van der Waals surface area contributed by atoms with Crippen molar-refractivity contribution < 1.29 is 33.3 Å². The molecule has 1 aliphatic heterocycles. The quantitative estimate of drug-likeness (QED) is 0.400. The number of amides is 1. The highest BCUT2D eigenvalue weighted by molar-refractivity contribution is 5.89. The van der Waals surface area contributed by atoms with Gasteiger partial charge in [0, 0.05) is 39.1 Å². The average molecular weight is 513 g/mol. The van der Waals surface area contributed by atoms with E-state index in [2.05, 4.69) is 4.90 Å². The third kappa shape index (κ3) is 8.58. The Morgan fingerprint density at radius 3 is 2.32 bits per heavy atom. The Bertz CT molecular complexity index is 1030. The van der Waals surface area contributed by atoms with Crippen LogP contribution in [0.4, 0.5) is 0 Å². The molecule has 1 heterocycles. The van der Waals surface area contributed by atoms with Crippen LogP contribution in [0.2, 0.25) is 0 Å². The summed E-state index contributed by atoms with van der Waals surface area (Å²) in [5.41, 5.74) is 2.43. The molecule has 1 unspecified atom stereocenters. The molecule has 1 fully saturated rings. The van der Waals surface area contributed by atoms with Gasteiger partial charge in [0.05, 0.1) is 45.5 Å². The maximum absolute atomic E-state index is 12.5. The second-order valence-electron chi connectivity index (χ2n) is 8.75. The van der Waals surface area contributed by atoms with E-state index in [1.807, 2.05) is 36.4 Å². The maximum Gasteiger partial charge on any atom is 0.337 e. The lowest BCUT2D eigenvalue weighted by atomic mass is 10.1. The van der Waals surface area contributed by atoms with Crippen LogP contribution in [0.3, 0.4) is 0 Å². The number of rotatable bonds is 12. The lowest BCUT2D eigenvalue weighted by Crippen LogP contribution is -2.49.